The molecule has 2 unspecified atom stereocenters. The molecule has 0 bridgehead atoms. The van der Waals surface area contributed by atoms with Crippen LogP contribution in [0.25, 0.3) is 0 Å². The Balaban J connectivity index is 2.01. The fourth-order valence-electron chi connectivity index (χ4n) is 3.25. The van der Waals surface area contributed by atoms with Gasteiger partial charge in [0.2, 0.25) is 0 Å². The lowest BCUT2D eigenvalue weighted by atomic mass is 9.89. The largest absolute Gasteiger partial charge is 0.391 e. The lowest BCUT2D eigenvalue weighted by molar-refractivity contribution is -0.205. The maximum Gasteiger partial charge on any atom is 0.391 e. The van der Waals surface area contributed by atoms with Gasteiger partial charge in [0.25, 0.3) is 0 Å². The van der Waals surface area contributed by atoms with E-state index in [-0.39, 0.29) is 18.9 Å². The molecule has 0 spiro atoms. The minimum absolute atomic E-state index is 0.0315. The molecule has 0 saturated carbocycles. The van der Waals surface area contributed by atoms with E-state index in [0.717, 1.165) is 25.9 Å². The molecule has 0 aliphatic carbocycles. The van der Waals surface area contributed by atoms with E-state index in [9.17, 15) is 13.2 Å². The maximum absolute atomic E-state index is 12.9. The molecule has 2 heterocycles. The molecule has 19 heavy (non-hydrogen) atoms. The molecule has 2 atom stereocenters. The van der Waals surface area contributed by atoms with Crippen molar-refractivity contribution in [1.82, 2.24) is 10.0 Å². The van der Waals surface area contributed by atoms with Crippen LogP contribution in [0.1, 0.15) is 38.5 Å². The Kier molecular flexibility index (Phi) is 4.90. The van der Waals surface area contributed by atoms with Crippen molar-refractivity contribution in [3.05, 3.63) is 12.7 Å². The highest BCUT2D eigenvalue weighted by Gasteiger charge is 2.44. The SMILES string of the molecule is C=CCC1CC(C(F)(F)F)CCN1N1CCCCC1. The Labute approximate surface area is 113 Å². The molecule has 2 aliphatic heterocycles. The molecule has 2 nitrogen and oxygen atoms in total. The van der Waals surface area contributed by atoms with Gasteiger partial charge in [-0.2, -0.15) is 13.2 Å². The fourth-order valence-corrected chi connectivity index (χ4v) is 3.25. The van der Waals surface area contributed by atoms with Crippen LogP contribution in [-0.2, 0) is 0 Å². The average molecular weight is 276 g/mol. The first kappa shape index (κ1) is 14.9. The molecule has 0 N–H and O–H groups in total. The molecule has 5 heteroatoms. The molecule has 0 radical (unpaired) electrons. The van der Waals surface area contributed by atoms with Crippen molar-refractivity contribution in [3.8, 4) is 0 Å². The minimum atomic E-state index is -4.05. The van der Waals surface area contributed by atoms with E-state index >= 15 is 0 Å². The van der Waals surface area contributed by atoms with Crippen LogP contribution < -0.4 is 0 Å². The molecule has 2 fully saturated rings. The van der Waals surface area contributed by atoms with E-state index in [1.807, 2.05) is 0 Å². The molecule has 0 aromatic heterocycles. The van der Waals surface area contributed by atoms with E-state index in [4.69, 9.17) is 0 Å². The molecule has 2 saturated heterocycles. The second-order valence-corrected chi connectivity index (χ2v) is 5.62. The van der Waals surface area contributed by atoms with Crippen molar-refractivity contribution >= 4 is 0 Å². The summed E-state index contributed by atoms with van der Waals surface area (Å²) in [5, 5.41) is 4.45. The standard InChI is InChI=1S/C14H23F3N2/c1-2-6-13-11-12(14(15,16)17)7-10-19(13)18-8-4-3-5-9-18/h2,12-13H,1,3-11H2. The van der Waals surface area contributed by atoms with Crippen molar-refractivity contribution in [3.63, 3.8) is 0 Å². The molecule has 2 rings (SSSR count). The second-order valence-electron chi connectivity index (χ2n) is 5.62. The van der Waals surface area contributed by atoms with Crippen LogP contribution in [-0.4, -0.2) is 41.9 Å². The number of hydrazine groups is 1. The van der Waals surface area contributed by atoms with Crippen molar-refractivity contribution in [2.75, 3.05) is 19.6 Å². The lowest BCUT2D eigenvalue weighted by Gasteiger charge is -2.46. The van der Waals surface area contributed by atoms with Gasteiger partial charge >= 0.3 is 6.18 Å². The Morgan fingerprint density at radius 3 is 2.37 bits per heavy atom. The summed E-state index contributed by atoms with van der Waals surface area (Å²) in [6.45, 7) is 6.21. The summed E-state index contributed by atoms with van der Waals surface area (Å²) >= 11 is 0. The van der Waals surface area contributed by atoms with Crippen LogP contribution >= 0.6 is 0 Å². The summed E-state index contributed by atoms with van der Waals surface area (Å²) in [7, 11) is 0. The topological polar surface area (TPSA) is 6.48 Å². The molecule has 0 amide bonds. The number of nitrogens with zero attached hydrogens (tertiary/aromatic N) is 2. The summed E-state index contributed by atoms with van der Waals surface area (Å²) in [5.41, 5.74) is 0. The molecular formula is C14H23F3N2. The van der Waals surface area contributed by atoms with Crippen LogP contribution in [0.3, 0.4) is 0 Å². The van der Waals surface area contributed by atoms with Crippen LogP contribution in [0, 0.1) is 5.92 Å². The monoisotopic (exact) mass is 276 g/mol. The Bertz CT molecular complexity index is 298. The van der Waals surface area contributed by atoms with Gasteiger partial charge in [0.05, 0.1) is 5.92 Å². The summed E-state index contributed by atoms with van der Waals surface area (Å²) in [4.78, 5) is 0. The number of halogens is 3. The Morgan fingerprint density at radius 1 is 1.11 bits per heavy atom. The van der Waals surface area contributed by atoms with Crippen LogP contribution in [0.4, 0.5) is 13.2 Å². The van der Waals surface area contributed by atoms with Gasteiger partial charge in [0.1, 0.15) is 0 Å². The molecular weight excluding hydrogens is 253 g/mol. The molecule has 2 aliphatic rings. The minimum Gasteiger partial charge on any atom is -0.242 e. The van der Waals surface area contributed by atoms with Crippen molar-refractivity contribution in [2.24, 2.45) is 5.92 Å². The third-order valence-electron chi connectivity index (χ3n) is 4.28. The van der Waals surface area contributed by atoms with Crippen molar-refractivity contribution < 1.29 is 13.2 Å². The summed E-state index contributed by atoms with van der Waals surface area (Å²) in [5.74, 6) is -1.14. The van der Waals surface area contributed by atoms with Gasteiger partial charge in [0.15, 0.2) is 0 Å². The third-order valence-corrected chi connectivity index (χ3v) is 4.28. The third kappa shape index (κ3) is 3.72. The predicted molar refractivity (Wildman–Crippen MR) is 69.5 cm³/mol. The van der Waals surface area contributed by atoms with Gasteiger partial charge < -0.3 is 0 Å². The van der Waals surface area contributed by atoms with E-state index in [1.54, 1.807) is 6.08 Å². The van der Waals surface area contributed by atoms with Gasteiger partial charge in [-0.05, 0) is 32.1 Å². The number of hydrogen-bond donors (Lipinski definition) is 0. The van der Waals surface area contributed by atoms with Gasteiger partial charge in [-0.25, -0.2) is 10.0 Å². The quantitative estimate of drug-likeness (QED) is 0.727. The highest BCUT2D eigenvalue weighted by Crippen LogP contribution is 2.38. The van der Waals surface area contributed by atoms with E-state index < -0.39 is 12.1 Å². The zero-order chi connectivity index (χ0) is 13.9. The predicted octanol–water partition coefficient (Wildman–Crippen LogP) is 3.61. The highest BCUT2D eigenvalue weighted by molar-refractivity contribution is 4.88. The molecule has 0 aromatic rings. The van der Waals surface area contributed by atoms with E-state index in [2.05, 4.69) is 16.6 Å². The number of rotatable bonds is 3. The van der Waals surface area contributed by atoms with Crippen molar-refractivity contribution in [2.45, 2.75) is 50.7 Å². The zero-order valence-electron chi connectivity index (χ0n) is 11.3. The Hall–Kier alpha value is -0.550. The first-order chi connectivity index (χ1) is 9.02. The molecule has 0 aromatic carbocycles. The number of alkyl halides is 3. The maximum atomic E-state index is 12.9. The van der Waals surface area contributed by atoms with Gasteiger partial charge in [0, 0.05) is 25.7 Å². The Morgan fingerprint density at radius 2 is 1.79 bits per heavy atom. The first-order valence-electron chi connectivity index (χ1n) is 7.21. The summed E-state index contributed by atoms with van der Waals surface area (Å²) < 4.78 is 38.6. The fraction of sp³-hybridized carbons (Fsp3) is 0.857. The lowest BCUT2D eigenvalue weighted by Crippen LogP contribution is -2.55. The van der Waals surface area contributed by atoms with E-state index in [1.165, 1.54) is 6.42 Å². The smallest absolute Gasteiger partial charge is 0.242 e. The average Bonchev–Trinajstić information content (AvgIpc) is 2.39. The van der Waals surface area contributed by atoms with Gasteiger partial charge in [-0.3, -0.25) is 0 Å². The highest BCUT2D eigenvalue weighted by atomic mass is 19.4. The zero-order valence-corrected chi connectivity index (χ0v) is 11.3. The van der Waals surface area contributed by atoms with Gasteiger partial charge in [-0.15, -0.1) is 6.58 Å². The van der Waals surface area contributed by atoms with Crippen LogP contribution in [0.5, 0.6) is 0 Å². The number of hydrogen-bond acceptors (Lipinski definition) is 2. The normalized spacial score (nSPS) is 31.3. The van der Waals surface area contributed by atoms with Crippen LogP contribution in [0.15, 0.2) is 12.7 Å². The number of piperidine rings is 2. The second kappa shape index (κ2) is 6.27. The van der Waals surface area contributed by atoms with Crippen LogP contribution in [0.2, 0.25) is 0 Å². The summed E-state index contributed by atoms with van der Waals surface area (Å²) in [6, 6.07) is -0.0315. The molecule has 110 valence electrons. The first-order valence-corrected chi connectivity index (χ1v) is 7.21. The van der Waals surface area contributed by atoms with Crippen molar-refractivity contribution in [1.29, 1.82) is 0 Å². The van der Waals surface area contributed by atoms with E-state index in [0.29, 0.717) is 13.0 Å². The summed E-state index contributed by atoms with van der Waals surface area (Å²) in [6.07, 6.45) is 2.33. The van der Waals surface area contributed by atoms with Gasteiger partial charge in [-0.1, -0.05) is 12.5 Å².